The van der Waals surface area contributed by atoms with Crippen LogP contribution in [0.2, 0.25) is 0 Å². The van der Waals surface area contributed by atoms with E-state index in [0.717, 1.165) is 16.9 Å². The van der Waals surface area contributed by atoms with Crippen molar-refractivity contribution in [3.05, 3.63) is 92.4 Å². The van der Waals surface area contributed by atoms with Crippen LogP contribution in [0.5, 0.6) is 0 Å². The second-order valence-corrected chi connectivity index (χ2v) is 9.17. The third-order valence-electron chi connectivity index (χ3n) is 6.09. The van der Waals surface area contributed by atoms with Gasteiger partial charge in [0.25, 0.3) is 5.69 Å². The Bertz CT molecular complexity index is 1230. The largest absolute Gasteiger partial charge is 0.384 e. The Balaban J connectivity index is 1.99. The molecule has 1 atom stereocenters. The van der Waals surface area contributed by atoms with Gasteiger partial charge in [-0.1, -0.05) is 43.7 Å². The Hall–Kier alpha value is -3.92. The summed E-state index contributed by atoms with van der Waals surface area (Å²) < 4.78 is 0. The number of allylic oxidation sites excluding steroid dienone is 3. The standard InChI is InChI=1S/C25H24N4O3/c1-15-7-9-17(10-8-15)28-20-12-25(2,3)13-21(30)23(20)22(19(14-26)24(28)27)16-5-4-6-18(11-16)29(31)32/h4-11,22H,12-13,27H2,1-3H3. The summed E-state index contributed by atoms with van der Waals surface area (Å²) in [7, 11) is 0. The molecule has 2 aliphatic rings. The highest BCUT2D eigenvalue weighted by Crippen LogP contribution is 2.50. The number of nitrogens with two attached hydrogens (primary N) is 1. The summed E-state index contributed by atoms with van der Waals surface area (Å²) in [5, 5.41) is 21.4. The van der Waals surface area contributed by atoms with Crippen LogP contribution in [0.25, 0.3) is 0 Å². The molecule has 0 saturated heterocycles. The van der Waals surface area contributed by atoms with E-state index in [1.54, 1.807) is 17.0 Å². The minimum Gasteiger partial charge on any atom is -0.384 e. The van der Waals surface area contributed by atoms with Crippen LogP contribution in [0.15, 0.2) is 71.2 Å². The molecule has 0 amide bonds. The van der Waals surface area contributed by atoms with Crippen LogP contribution in [0.4, 0.5) is 11.4 Å². The van der Waals surface area contributed by atoms with Gasteiger partial charge in [0.1, 0.15) is 5.82 Å². The quantitative estimate of drug-likeness (QED) is 0.552. The van der Waals surface area contributed by atoms with Gasteiger partial charge < -0.3 is 5.73 Å². The second-order valence-electron chi connectivity index (χ2n) is 9.17. The van der Waals surface area contributed by atoms with Crippen molar-refractivity contribution in [2.75, 3.05) is 4.90 Å². The lowest BCUT2D eigenvalue weighted by Crippen LogP contribution is -2.42. The molecular weight excluding hydrogens is 404 g/mol. The molecule has 32 heavy (non-hydrogen) atoms. The molecule has 0 fully saturated rings. The van der Waals surface area contributed by atoms with Crippen molar-refractivity contribution in [3.8, 4) is 6.07 Å². The number of nitrogens with zero attached hydrogens (tertiary/aromatic N) is 3. The first-order chi connectivity index (χ1) is 15.1. The number of hydrogen-bond donors (Lipinski definition) is 1. The normalized spacial score (nSPS) is 20.1. The molecule has 0 radical (unpaired) electrons. The first-order valence-electron chi connectivity index (χ1n) is 10.4. The molecule has 4 rings (SSSR count). The van der Waals surface area contributed by atoms with Gasteiger partial charge in [0.15, 0.2) is 5.78 Å². The van der Waals surface area contributed by atoms with E-state index in [1.807, 2.05) is 45.0 Å². The number of Topliss-reactive ketones (excluding diaryl/α,β-unsaturated/α-hetero) is 1. The molecule has 0 aromatic heterocycles. The first-order valence-corrected chi connectivity index (χ1v) is 10.4. The van der Waals surface area contributed by atoms with Crippen LogP contribution in [-0.4, -0.2) is 10.7 Å². The van der Waals surface area contributed by atoms with E-state index in [0.29, 0.717) is 24.0 Å². The van der Waals surface area contributed by atoms with Crippen molar-refractivity contribution in [1.82, 2.24) is 0 Å². The number of benzene rings is 2. The van der Waals surface area contributed by atoms with Crippen molar-refractivity contribution in [2.45, 2.75) is 39.5 Å². The molecule has 7 heteroatoms. The maximum absolute atomic E-state index is 13.5. The predicted octanol–water partition coefficient (Wildman–Crippen LogP) is 4.84. The molecule has 0 bridgehead atoms. The molecule has 0 saturated carbocycles. The Morgan fingerprint density at radius 1 is 1.19 bits per heavy atom. The fourth-order valence-electron chi connectivity index (χ4n) is 4.65. The third kappa shape index (κ3) is 3.54. The van der Waals surface area contributed by atoms with Crippen LogP contribution >= 0.6 is 0 Å². The number of carbonyl (C=O) groups excluding carboxylic acids is 1. The number of nitro benzene ring substituents is 1. The second kappa shape index (κ2) is 7.65. The summed E-state index contributed by atoms with van der Waals surface area (Å²) in [4.78, 5) is 26.1. The summed E-state index contributed by atoms with van der Waals surface area (Å²) in [5.74, 6) is -0.553. The van der Waals surface area contributed by atoms with Crippen molar-refractivity contribution >= 4 is 17.2 Å². The third-order valence-corrected chi connectivity index (χ3v) is 6.09. The zero-order valence-corrected chi connectivity index (χ0v) is 18.3. The van der Waals surface area contributed by atoms with Gasteiger partial charge in [0.2, 0.25) is 0 Å². The number of anilines is 1. The highest BCUT2D eigenvalue weighted by molar-refractivity contribution is 6.01. The molecule has 1 aliphatic heterocycles. The fourth-order valence-corrected chi connectivity index (χ4v) is 4.65. The lowest BCUT2D eigenvalue weighted by molar-refractivity contribution is -0.384. The Kier molecular flexibility index (Phi) is 5.09. The summed E-state index contributed by atoms with van der Waals surface area (Å²) in [6.07, 6.45) is 0.921. The maximum atomic E-state index is 13.5. The Labute approximate surface area is 186 Å². The molecule has 2 aromatic carbocycles. The van der Waals surface area contributed by atoms with Gasteiger partial charge in [-0.15, -0.1) is 0 Å². The van der Waals surface area contributed by atoms with E-state index in [9.17, 15) is 20.2 Å². The maximum Gasteiger partial charge on any atom is 0.269 e. The molecule has 1 unspecified atom stereocenters. The van der Waals surface area contributed by atoms with E-state index in [4.69, 9.17) is 5.73 Å². The summed E-state index contributed by atoms with van der Waals surface area (Å²) in [6.45, 7) is 6.05. The zero-order chi connectivity index (χ0) is 23.2. The van der Waals surface area contributed by atoms with Crippen molar-refractivity contribution in [1.29, 1.82) is 5.26 Å². The SMILES string of the molecule is Cc1ccc(N2C(N)=C(C#N)C(c3cccc([N+](=O)[O-])c3)C3=C2CC(C)(C)CC3=O)cc1. The van der Waals surface area contributed by atoms with Crippen molar-refractivity contribution < 1.29 is 9.72 Å². The minimum atomic E-state index is -0.736. The average Bonchev–Trinajstić information content (AvgIpc) is 2.73. The van der Waals surface area contributed by atoms with Gasteiger partial charge in [0, 0.05) is 35.5 Å². The smallest absolute Gasteiger partial charge is 0.269 e. The molecular formula is C25H24N4O3. The van der Waals surface area contributed by atoms with Crippen LogP contribution < -0.4 is 10.6 Å². The molecule has 0 spiro atoms. The van der Waals surface area contributed by atoms with Crippen molar-refractivity contribution in [3.63, 3.8) is 0 Å². The topological polar surface area (TPSA) is 113 Å². The minimum absolute atomic E-state index is 0.0647. The Morgan fingerprint density at radius 3 is 2.50 bits per heavy atom. The Morgan fingerprint density at radius 2 is 1.88 bits per heavy atom. The van der Waals surface area contributed by atoms with Crippen molar-refractivity contribution in [2.24, 2.45) is 11.1 Å². The molecule has 1 heterocycles. The molecule has 162 valence electrons. The van der Waals surface area contributed by atoms with Crippen LogP contribution in [-0.2, 0) is 4.79 Å². The summed E-state index contributed by atoms with van der Waals surface area (Å²) >= 11 is 0. The van der Waals surface area contributed by atoms with Gasteiger partial charge in [0.05, 0.1) is 22.5 Å². The highest BCUT2D eigenvalue weighted by atomic mass is 16.6. The number of hydrogen-bond acceptors (Lipinski definition) is 6. The lowest BCUT2D eigenvalue weighted by atomic mass is 9.68. The molecule has 7 nitrogen and oxygen atoms in total. The van der Waals surface area contributed by atoms with Crippen LogP contribution in [0, 0.1) is 33.8 Å². The van der Waals surface area contributed by atoms with Gasteiger partial charge >= 0.3 is 0 Å². The van der Waals surface area contributed by atoms with Crippen LogP contribution in [0.1, 0.15) is 43.7 Å². The number of nitriles is 1. The van der Waals surface area contributed by atoms with Crippen LogP contribution in [0.3, 0.4) is 0 Å². The summed E-state index contributed by atoms with van der Waals surface area (Å²) in [5.41, 5.74) is 10.0. The van der Waals surface area contributed by atoms with E-state index in [2.05, 4.69) is 6.07 Å². The van der Waals surface area contributed by atoms with Gasteiger partial charge in [-0.2, -0.15) is 5.26 Å². The predicted molar refractivity (Wildman–Crippen MR) is 121 cm³/mol. The van der Waals surface area contributed by atoms with E-state index >= 15 is 0 Å². The van der Waals surface area contributed by atoms with E-state index < -0.39 is 10.8 Å². The fraction of sp³-hybridized carbons (Fsp3) is 0.280. The lowest BCUT2D eigenvalue weighted by Gasteiger charge is -2.43. The number of ketones is 1. The number of rotatable bonds is 3. The van der Waals surface area contributed by atoms with Gasteiger partial charge in [-0.3, -0.25) is 19.8 Å². The first kappa shape index (κ1) is 21.3. The molecule has 2 aromatic rings. The number of nitro groups is 1. The van der Waals surface area contributed by atoms with Gasteiger partial charge in [-0.25, -0.2) is 0 Å². The molecule has 1 aliphatic carbocycles. The van der Waals surface area contributed by atoms with E-state index in [-0.39, 0.29) is 28.3 Å². The number of aryl methyl sites for hydroxylation is 1. The van der Waals surface area contributed by atoms with Gasteiger partial charge in [-0.05, 0) is 36.5 Å². The average molecular weight is 428 g/mol. The number of carbonyl (C=O) groups is 1. The molecule has 2 N–H and O–H groups in total. The monoisotopic (exact) mass is 428 g/mol. The number of non-ortho nitro benzene ring substituents is 1. The van der Waals surface area contributed by atoms with E-state index in [1.165, 1.54) is 12.1 Å². The zero-order valence-electron chi connectivity index (χ0n) is 18.3. The highest BCUT2D eigenvalue weighted by Gasteiger charge is 2.44. The summed E-state index contributed by atoms with van der Waals surface area (Å²) in [6, 6.07) is 16.0.